The molecule has 9 nitrogen and oxygen atoms in total. The van der Waals surface area contributed by atoms with Crippen LogP contribution in [0.25, 0.3) is 0 Å². The van der Waals surface area contributed by atoms with Crippen LogP contribution in [0.15, 0.2) is 30.5 Å². The second-order valence-corrected chi connectivity index (χ2v) is 6.43. The number of rotatable bonds is 6. The average molecular weight is 406 g/mol. The van der Waals surface area contributed by atoms with E-state index in [-0.39, 0.29) is 35.5 Å². The number of aromatic nitrogens is 2. The van der Waals surface area contributed by atoms with Crippen molar-refractivity contribution in [3.63, 3.8) is 0 Å². The fourth-order valence-electron chi connectivity index (χ4n) is 2.58. The normalized spacial score (nSPS) is 13.8. The molecule has 148 valence electrons. The second kappa shape index (κ2) is 9.34. The zero-order valence-electron chi connectivity index (χ0n) is 15.0. The molecule has 2 aromatic rings. The van der Waals surface area contributed by atoms with Gasteiger partial charge in [0.25, 0.3) is 11.8 Å². The van der Waals surface area contributed by atoms with Crippen LogP contribution in [-0.4, -0.2) is 66.3 Å². The molecule has 0 radical (unpaired) electrons. The first kappa shape index (κ1) is 19.8. The van der Waals surface area contributed by atoms with Gasteiger partial charge in [-0.1, -0.05) is 11.6 Å². The van der Waals surface area contributed by atoms with Gasteiger partial charge in [0.05, 0.1) is 24.4 Å². The number of carbonyl (C=O) groups excluding carboxylic acids is 2. The predicted molar refractivity (Wildman–Crippen MR) is 103 cm³/mol. The van der Waals surface area contributed by atoms with E-state index in [1.54, 1.807) is 0 Å². The number of morpholine rings is 1. The van der Waals surface area contributed by atoms with Gasteiger partial charge in [0.2, 0.25) is 5.95 Å². The summed E-state index contributed by atoms with van der Waals surface area (Å²) in [5, 5.41) is 14.7. The molecule has 0 atom stereocenters. The fourth-order valence-corrected chi connectivity index (χ4v) is 2.76. The maximum Gasteiger partial charge on any atom is 0.271 e. The Hall–Kier alpha value is -2.91. The van der Waals surface area contributed by atoms with E-state index < -0.39 is 5.91 Å². The number of nitrogens with zero attached hydrogens (tertiary/aromatic N) is 3. The van der Waals surface area contributed by atoms with Gasteiger partial charge in [0.15, 0.2) is 5.69 Å². The SMILES string of the molecule is O=C(NCCNC(=O)c1nc(N2CCOCC2)ncc1Cl)c1ccc(O)cc1. The Morgan fingerprint density at radius 1 is 1.11 bits per heavy atom. The molecule has 10 heteroatoms. The molecular weight excluding hydrogens is 386 g/mol. The summed E-state index contributed by atoms with van der Waals surface area (Å²) in [4.78, 5) is 34.7. The van der Waals surface area contributed by atoms with Gasteiger partial charge in [-0.2, -0.15) is 0 Å². The maximum absolute atomic E-state index is 12.4. The molecule has 0 aliphatic carbocycles. The molecule has 1 aromatic carbocycles. The number of halogens is 1. The van der Waals surface area contributed by atoms with E-state index in [9.17, 15) is 14.7 Å². The minimum atomic E-state index is -0.444. The van der Waals surface area contributed by atoms with E-state index in [4.69, 9.17) is 16.3 Å². The Morgan fingerprint density at radius 3 is 2.43 bits per heavy atom. The number of carbonyl (C=O) groups is 2. The van der Waals surface area contributed by atoms with Gasteiger partial charge in [-0.25, -0.2) is 9.97 Å². The van der Waals surface area contributed by atoms with Gasteiger partial charge in [0, 0.05) is 31.7 Å². The minimum Gasteiger partial charge on any atom is -0.508 e. The molecule has 1 aromatic heterocycles. The fraction of sp³-hybridized carbons (Fsp3) is 0.333. The average Bonchev–Trinajstić information content (AvgIpc) is 2.72. The van der Waals surface area contributed by atoms with Gasteiger partial charge in [-0.3, -0.25) is 9.59 Å². The van der Waals surface area contributed by atoms with Crippen molar-refractivity contribution in [3.8, 4) is 5.75 Å². The third-order valence-corrected chi connectivity index (χ3v) is 4.34. The summed E-state index contributed by atoms with van der Waals surface area (Å²) < 4.78 is 5.30. The number of amides is 2. The predicted octanol–water partition coefficient (Wildman–Crippen LogP) is 0.832. The lowest BCUT2D eigenvalue weighted by molar-refractivity contribution is 0.0925. The molecule has 1 aliphatic heterocycles. The molecular formula is C18H20ClN5O4. The Morgan fingerprint density at radius 2 is 1.75 bits per heavy atom. The number of hydrogen-bond acceptors (Lipinski definition) is 7. The highest BCUT2D eigenvalue weighted by atomic mass is 35.5. The molecule has 2 heterocycles. The number of phenolic OH excluding ortho intramolecular Hbond substituents is 1. The number of nitrogens with one attached hydrogen (secondary N) is 2. The van der Waals surface area contributed by atoms with Crippen molar-refractivity contribution in [2.24, 2.45) is 0 Å². The Kier molecular flexibility index (Phi) is 6.62. The molecule has 1 fully saturated rings. The van der Waals surface area contributed by atoms with E-state index in [0.717, 1.165) is 0 Å². The van der Waals surface area contributed by atoms with Crippen LogP contribution in [-0.2, 0) is 4.74 Å². The summed E-state index contributed by atoms with van der Waals surface area (Å²) in [6.07, 6.45) is 1.40. The smallest absolute Gasteiger partial charge is 0.271 e. The van der Waals surface area contributed by atoms with Crippen LogP contribution in [0.3, 0.4) is 0 Å². The monoisotopic (exact) mass is 405 g/mol. The topological polar surface area (TPSA) is 117 Å². The van der Waals surface area contributed by atoms with Crippen LogP contribution in [0.1, 0.15) is 20.8 Å². The van der Waals surface area contributed by atoms with Gasteiger partial charge in [-0.15, -0.1) is 0 Å². The quantitative estimate of drug-likeness (QED) is 0.609. The van der Waals surface area contributed by atoms with Gasteiger partial charge >= 0.3 is 0 Å². The molecule has 1 saturated heterocycles. The Balaban J connectivity index is 1.51. The zero-order chi connectivity index (χ0) is 19.9. The molecule has 28 heavy (non-hydrogen) atoms. The number of ether oxygens (including phenoxy) is 1. The number of phenols is 1. The molecule has 3 N–H and O–H groups in total. The van der Waals surface area contributed by atoms with Crippen molar-refractivity contribution in [2.45, 2.75) is 0 Å². The summed E-state index contributed by atoms with van der Waals surface area (Å²) in [5.41, 5.74) is 0.501. The number of anilines is 1. The number of hydrogen-bond donors (Lipinski definition) is 3. The summed E-state index contributed by atoms with van der Waals surface area (Å²) in [6.45, 7) is 2.88. The highest BCUT2D eigenvalue weighted by Gasteiger charge is 2.19. The van der Waals surface area contributed by atoms with Crippen molar-refractivity contribution in [3.05, 3.63) is 46.7 Å². The molecule has 2 amide bonds. The first-order valence-electron chi connectivity index (χ1n) is 8.75. The van der Waals surface area contributed by atoms with E-state index in [2.05, 4.69) is 20.6 Å². The third-order valence-electron chi connectivity index (χ3n) is 4.07. The summed E-state index contributed by atoms with van der Waals surface area (Å²) >= 11 is 6.07. The lowest BCUT2D eigenvalue weighted by Gasteiger charge is -2.26. The maximum atomic E-state index is 12.4. The Labute approximate surface area is 166 Å². The van der Waals surface area contributed by atoms with Crippen molar-refractivity contribution in [1.29, 1.82) is 0 Å². The number of benzene rings is 1. The molecule has 1 aliphatic rings. The zero-order valence-corrected chi connectivity index (χ0v) is 15.8. The van der Waals surface area contributed by atoms with Crippen LogP contribution < -0.4 is 15.5 Å². The van der Waals surface area contributed by atoms with Crippen LogP contribution in [0, 0.1) is 0 Å². The lowest BCUT2D eigenvalue weighted by Crippen LogP contribution is -2.38. The standard InChI is InChI=1S/C18H20ClN5O4/c19-14-11-22-18(24-7-9-28-10-8-24)23-15(14)17(27)21-6-5-20-16(26)12-1-3-13(25)4-2-12/h1-4,11,25H,5-10H2,(H,20,26)(H,21,27). The molecule has 0 saturated carbocycles. The second-order valence-electron chi connectivity index (χ2n) is 6.02. The van der Waals surface area contributed by atoms with E-state index in [0.29, 0.717) is 37.8 Å². The minimum absolute atomic E-state index is 0.0852. The Bertz CT molecular complexity index is 840. The van der Waals surface area contributed by atoms with E-state index in [1.165, 1.54) is 30.5 Å². The van der Waals surface area contributed by atoms with E-state index in [1.807, 2.05) is 4.90 Å². The molecule has 0 unspecified atom stereocenters. The highest BCUT2D eigenvalue weighted by molar-refractivity contribution is 6.33. The first-order valence-corrected chi connectivity index (χ1v) is 9.13. The van der Waals surface area contributed by atoms with Crippen molar-refractivity contribution in [1.82, 2.24) is 20.6 Å². The van der Waals surface area contributed by atoms with E-state index >= 15 is 0 Å². The number of aromatic hydroxyl groups is 1. The van der Waals surface area contributed by atoms with Gasteiger partial charge < -0.3 is 25.4 Å². The first-order chi connectivity index (χ1) is 13.5. The molecule has 0 spiro atoms. The summed E-state index contributed by atoms with van der Waals surface area (Å²) in [5.74, 6) is -0.231. The lowest BCUT2D eigenvalue weighted by atomic mass is 10.2. The van der Waals surface area contributed by atoms with Gasteiger partial charge in [0.1, 0.15) is 5.75 Å². The largest absolute Gasteiger partial charge is 0.508 e. The molecule has 3 rings (SSSR count). The van der Waals surface area contributed by atoms with Crippen molar-refractivity contribution >= 4 is 29.4 Å². The van der Waals surface area contributed by atoms with Crippen LogP contribution in [0.2, 0.25) is 5.02 Å². The van der Waals surface area contributed by atoms with Crippen LogP contribution in [0.5, 0.6) is 5.75 Å². The van der Waals surface area contributed by atoms with Crippen molar-refractivity contribution in [2.75, 3.05) is 44.3 Å². The summed E-state index contributed by atoms with van der Waals surface area (Å²) in [7, 11) is 0. The highest BCUT2D eigenvalue weighted by Crippen LogP contribution is 2.17. The summed E-state index contributed by atoms with van der Waals surface area (Å²) in [6, 6.07) is 5.88. The molecule has 0 bridgehead atoms. The van der Waals surface area contributed by atoms with Crippen molar-refractivity contribution < 1.29 is 19.4 Å². The third kappa shape index (κ3) is 5.08. The van der Waals surface area contributed by atoms with Crippen LogP contribution in [0.4, 0.5) is 5.95 Å². The van der Waals surface area contributed by atoms with Gasteiger partial charge in [-0.05, 0) is 24.3 Å². The van der Waals surface area contributed by atoms with Crippen LogP contribution >= 0.6 is 11.6 Å².